The molecule has 4 atom stereocenters. The molecule has 43 heavy (non-hydrogen) atoms. The summed E-state index contributed by atoms with van der Waals surface area (Å²) in [4.78, 5) is 54.1. The van der Waals surface area contributed by atoms with E-state index in [1.54, 1.807) is 12.1 Å². The first-order valence-corrected chi connectivity index (χ1v) is 16.8. The minimum absolute atomic E-state index is 0.0196. The number of aryl methyl sites for hydroxylation is 1. The smallest absolute Gasteiger partial charge is 0.339 e. The number of hydrazine groups is 1. The summed E-state index contributed by atoms with van der Waals surface area (Å²) < 4.78 is 30.5. The highest BCUT2D eigenvalue weighted by Gasteiger charge is 2.54. The van der Waals surface area contributed by atoms with Gasteiger partial charge in [0.15, 0.2) is 5.78 Å². The molecule has 1 saturated heterocycles. The molecule has 0 aromatic heterocycles. The van der Waals surface area contributed by atoms with Crippen LogP contribution < -0.4 is 4.18 Å². The van der Waals surface area contributed by atoms with E-state index >= 15 is 0 Å². The molecule has 2 aliphatic rings. The molecule has 9 nitrogen and oxygen atoms in total. The topological polar surface area (TPSA) is 118 Å². The number of amides is 3. The minimum atomic E-state index is -4.10. The van der Waals surface area contributed by atoms with Crippen molar-refractivity contribution in [2.45, 2.75) is 34.3 Å². The van der Waals surface area contributed by atoms with Crippen LogP contribution in [0.5, 0.6) is 5.75 Å². The number of nitrogens with zero attached hydrogens (tertiary/aromatic N) is 2. The number of carbonyl (C=O) groups is 4. The van der Waals surface area contributed by atoms with Gasteiger partial charge in [0, 0.05) is 25.8 Å². The summed E-state index contributed by atoms with van der Waals surface area (Å²) in [7, 11) is -4.10. The summed E-state index contributed by atoms with van der Waals surface area (Å²) in [5.41, 5.74) is 1.14. The second-order valence-electron chi connectivity index (χ2n) is 10.4. The molecule has 0 radical (unpaired) electrons. The van der Waals surface area contributed by atoms with E-state index in [1.165, 1.54) is 60.7 Å². The zero-order chi connectivity index (χ0) is 31.1. The van der Waals surface area contributed by atoms with E-state index in [4.69, 9.17) is 15.8 Å². The molecule has 5 rings (SSSR count). The number of hydrogen-bond acceptors (Lipinski definition) is 7. The van der Waals surface area contributed by atoms with Crippen molar-refractivity contribution in [2.24, 2.45) is 11.8 Å². The van der Waals surface area contributed by atoms with Gasteiger partial charge in [-0.2, -0.15) is 13.4 Å². The Labute approximate surface area is 270 Å². The van der Waals surface area contributed by atoms with Crippen LogP contribution in [0.4, 0.5) is 0 Å². The normalized spacial score (nSPS) is 21.8. The second kappa shape index (κ2) is 12.5. The van der Waals surface area contributed by atoms with Gasteiger partial charge >= 0.3 is 10.1 Å². The lowest BCUT2D eigenvalue weighted by Crippen LogP contribution is -2.52. The molecular formula is C30H25Br2ClN2O7S. The highest BCUT2D eigenvalue weighted by Crippen LogP contribution is 2.43. The van der Waals surface area contributed by atoms with Gasteiger partial charge in [-0.15, -0.1) is 0 Å². The molecule has 13 heteroatoms. The number of fused-ring (bicyclic) bond motifs is 1. The zero-order valence-electron chi connectivity index (χ0n) is 22.7. The summed E-state index contributed by atoms with van der Waals surface area (Å²) in [5.74, 6) is -3.67. The predicted molar refractivity (Wildman–Crippen MR) is 166 cm³/mol. The van der Waals surface area contributed by atoms with E-state index in [9.17, 15) is 27.6 Å². The van der Waals surface area contributed by atoms with Gasteiger partial charge in [0.2, 0.25) is 0 Å². The van der Waals surface area contributed by atoms with Crippen molar-refractivity contribution < 1.29 is 31.8 Å². The first kappa shape index (κ1) is 31.4. The van der Waals surface area contributed by atoms with Crippen molar-refractivity contribution in [2.75, 3.05) is 6.54 Å². The Morgan fingerprint density at radius 1 is 0.860 bits per heavy atom. The van der Waals surface area contributed by atoms with Crippen LogP contribution in [-0.4, -0.2) is 58.1 Å². The summed E-state index contributed by atoms with van der Waals surface area (Å²) in [6, 6.07) is 17.4. The average Bonchev–Trinajstić information content (AvgIpc) is 3.20. The highest BCUT2D eigenvalue weighted by atomic mass is 79.9. The van der Waals surface area contributed by atoms with E-state index in [0.717, 1.165) is 15.6 Å². The van der Waals surface area contributed by atoms with Gasteiger partial charge in [-0.1, -0.05) is 61.2 Å². The monoisotopic (exact) mass is 750 g/mol. The van der Waals surface area contributed by atoms with Crippen LogP contribution in [0.15, 0.2) is 77.7 Å². The maximum Gasteiger partial charge on any atom is 0.339 e. The summed E-state index contributed by atoms with van der Waals surface area (Å²) in [6.45, 7) is 1.21. The van der Waals surface area contributed by atoms with Gasteiger partial charge in [-0.05, 0) is 80.4 Å². The zero-order valence-corrected chi connectivity index (χ0v) is 27.4. The molecule has 0 bridgehead atoms. The van der Waals surface area contributed by atoms with E-state index in [0.29, 0.717) is 17.9 Å². The first-order valence-electron chi connectivity index (χ1n) is 13.2. The molecule has 3 aromatic rings. The molecule has 1 heterocycles. The van der Waals surface area contributed by atoms with Crippen molar-refractivity contribution >= 4 is 77.1 Å². The maximum atomic E-state index is 13.7. The van der Waals surface area contributed by atoms with Crippen LogP contribution in [0, 0.1) is 18.8 Å². The van der Waals surface area contributed by atoms with Crippen molar-refractivity contribution in [1.82, 2.24) is 10.0 Å². The number of Topliss-reactive ketones (excluding diaryl/α,β-unsaturated/α-hetero) is 1. The highest BCUT2D eigenvalue weighted by molar-refractivity contribution is 9.12. The average molecular weight is 753 g/mol. The van der Waals surface area contributed by atoms with E-state index < -0.39 is 52.0 Å². The number of carbonyl (C=O) groups excluding carboxylic acids is 4. The van der Waals surface area contributed by atoms with Gasteiger partial charge in [-0.25, -0.2) is 5.01 Å². The molecular weight excluding hydrogens is 728 g/mol. The number of halogens is 3. The van der Waals surface area contributed by atoms with Crippen molar-refractivity contribution in [1.29, 1.82) is 0 Å². The van der Waals surface area contributed by atoms with E-state index in [1.807, 2.05) is 6.92 Å². The maximum absolute atomic E-state index is 13.7. The number of benzene rings is 3. The lowest BCUT2D eigenvalue weighted by atomic mass is 9.81. The summed E-state index contributed by atoms with van der Waals surface area (Å²) >= 11 is 13.1. The molecule has 2 fully saturated rings. The van der Waals surface area contributed by atoms with Crippen molar-refractivity contribution in [3.63, 3.8) is 0 Å². The molecule has 3 aromatic carbocycles. The van der Waals surface area contributed by atoms with E-state index in [2.05, 4.69) is 31.9 Å². The Balaban J connectivity index is 1.39. The number of rotatable bonds is 8. The lowest BCUT2D eigenvalue weighted by Gasteiger charge is -2.30. The molecule has 1 aliphatic carbocycles. The fourth-order valence-electron chi connectivity index (χ4n) is 5.09. The number of ketones is 1. The Kier molecular flexibility index (Phi) is 9.12. The minimum Gasteiger partial charge on any atom is -0.379 e. The Bertz CT molecular complexity index is 1650. The van der Waals surface area contributed by atoms with Crippen LogP contribution in [-0.2, 0) is 19.7 Å². The van der Waals surface area contributed by atoms with Crippen LogP contribution in [0.3, 0.4) is 0 Å². The van der Waals surface area contributed by atoms with Crippen molar-refractivity contribution in [3.05, 3.63) is 94.5 Å². The SMILES string of the molecule is Cc1ccc(S(=O)(=O)Oc2ccc(C(=O)CN(C(=O)c3ccc(Cl)cc3)N3C(=O)[C@@H]4C[C@@H](Br)[C@@H](Br)C[C@H]4C3=O)cc2)cc1. The third kappa shape index (κ3) is 6.57. The van der Waals surface area contributed by atoms with Gasteiger partial charge < -0.3 is 4.18 Å². The number of imide groups is 1. The molecule has 1 saturated carbocycles. The van der Waals surface area contributed by atoms with Crippen LogP contribution >= 0.6 is 43.5 Å². The van der Waals surface area contributed by atoms with Gasteiger partial charge in [0.05, 0.1) is 11.8 Å². The first-order chi connectivity index (χ1) is 20.4. The Hall–Kier alpha value is -3.06. The summed E-state index contributed by atoms with van der Waals surface area (Å²) in [6.07, 6.45) is 0.789. The molecule has 0 unspecified atom stereocenters. The quantitative estimate of drug-likeness (QED) is 0.128. The van der Waals surface area contributed by atoms with Gasteiger partial charge in [0.25, 0.3) is 17.7 Å². The Morgan fingerprint density at radius 2 is 1.37 bits per heavy atom. The molecule has 0 spiro atoms. The molecule has 224 valence electrons. The molecule has 0 N–H and O–H groups in total. The second-order valence-corrected chi connectivity index (χ2v) is 14.7. The Morgan fingerprint density at radius 3 is 1.91 bits per heavy atom. The van der Waals surface area contributed by atoms with E-state index in [-0.39, 0.29) is 31.4 Å². The van der Waals surface area contributed by atoms with Crippen molar-refractivity contribution in [3.8, 4) is 5.75 Å². The molecule has 3 amide bonds. The number of hydrogen-bond donors (Lipinski definition) is 0. The fourth-order valence-corrected chi connectivity index (χ4v) is 7.39. The third-order valence-electron chi connectivity index (χ3n) is 7.44. The fraction of sp³-hybridized carbons (Fsp3) is 0.267. The number of alkyl halides is 2. The van der Waals surface area contributed by atoms with Gasteiger partial charge in [-0.3, -0.25) is 19.2 Å². The van der Waals surface area contributed by atoms with Crippen LogP contribution in [0.2, 0.25) is 5.02 Å². The van der Waals surface area contributed by atoms with Crippen LogP contribution in [0.25, 0.3) is 0 Å². The molecule has 1 aliphatic heterocycles. The lowest BCUT2D eigenvalue weighted by molar-refractivity contribution is -0.154. The van der Waals surface area contributed by atoms with Crippen LogP contribution in [0.1, 0.15) is 39.1 Å². The standard InChI is InChI=1S/C30H25Br2ClN2O7S/c1-17-2-12-22(13-3-17)43(40,41)42-21-10-6-18(7-11-21)27(36)16-34(28(37)19-4-8-20(33)9-5-19)35-29(38)23-14-25(31)26(32)15-24(23)30(35)39/h2-13,23-26H,14-16H2,1H3/t23-,24-,25-,26+/m1/s1. The largest absolute Gasteiger partial charge is 0.379 e. The van der Waals surface area contributed by atoms with Gasteiger partial charge in [0.1, 0.15) is 17.2 Å². The third-order valence-corrected chi connectivity index (χ3v) is 11.7. The predicted octanol–water partition coefficient (Wildman–Crippen LogP) is 5.58. The summed E-state index contributed by atoms with van der Waals surface area (Å²) in [5, 5.41) is 2.07.